The van der Waals surface area contributed by atoms with Gasteiger partial charge in [-0.05, 0) is 49.7 Å². The van der Waals surface area contributed by atoms with Gasteiger partial charge in [0.15, 0.2) is 0 Å². The van der Waals surface area contributed by atoms with Gasteiger partial charge in [-0.25, -0.2) is 0 Å². The van der Waals surface area contributed by atoms with Gasteiger partial charge in [0.2, 0.25) is 0 Å². The van der Waals surface area contributed by atoms with Crippen molar-refractivity contribution in [3.05, 3.63) is 35.4 Å². The standard InChI is InChI=1S/C18H29NO/c1-13(2)11-16-5-7-17(8-6-16)14(3)19-15(4)18-9-10-20-12-18/h5-8,13-15,18-19H,9-12H2,1-4H3. The monoisotopic (exact) mass is 275 g/mol. The summed E-state index contributed by atoms with van der Waals surface area (Å²) in [6.45, 7) is 10.9. The Morgan fingerprint density at radius 2 is 1.85 bits per heavy atom. The molecule has 2 heteroatoms. The molecular weight excluding hydrogens is 246 g/mol. The zero-order valence-electron chi connectivity index (χ0n) is 13.4. The van der Waals surface area contributed by atoms with Crippen LogP contribution in [-0.2, 0) is 11.2 Å². The first-order chi connectivity index (χ1) is 9.56. The maximum Gasteiger partial charge on any atom is 0.0509 e. The molecular formula is C18H29NO. The second kappa shape index (κ2) is 7.24. The Labute approximate surface area is 123 Å². The summed E-state index contributed by atoms with van der Waals surface area (Å²) in [7, 11) is 0. The molecule has 1 aromatic rings. The molecule has 1 saturated heterocycles. The Bertz CT molecular complexity index is 392. The number of hydrogen-bond acceptors (Lipinski definition) is 2. The molecule has 0 aliphatic carbocycles. The molecule has 3 unspecified atom stereocenters. The highest BCUT2D eigenvalue weighted by molar-refractivity contribution is 5.25. The van der Waals surface area contributed by atoms with Crippen molar-refractivity contribution in [1.82, 2.24) is 5.32 Å². The Hall–Kier alpha value is -0.860. The zero-order chi connectivity index (χ0) is 14.5. The van der Waals surface area contributed by atoms with Crippen molar-refractivity contribution in [1.29, 1.82) is 0 Å². The third-order valence-electron chi connectivity index (χ3n) is 4.31. The summed E-state index contributed by atoms with van der Waals surface area (Å²) in [5.41, 5.74) is 2.82. The summed E-state index contributed by atoms with van der Waals surface area (Å²) >= 11 is 0. The molecule has 1 aromatic carbocycles. The largest absolute Gasteiger partial charge is 0.381 e. The molecule has 0 spiro atoms. The van der Waals surface area contributed by atoms with Gasteiger partial charge < -0.3 is 10.1 Å². The third kappa shape index (κ3) is 4.32. The molecule has 1 aliphatic heterocycles. The predicted molar refractivity (Wildman–Crippen MR) is 84.9 cm³/mol. The van der Waals surface area contributed by atoms with Crippen LogP contribution >= 0.6 is 0 Å². The number of benzene rings is 1. The van der Waals surface area contributed by atoms with Crippen LogP contribution in [-0.4, -0.2) is 19.3 Å². The molecule has 1 fully saturated rings. The topological polar surface area (TPSA) is 21.3 Å². The van der Waals surface area contributed by atoms with Gasteiger partial charge >= 0.3 is 0 Å². The van der Waals surface area contributed by atoms with Crippen molar-refractivity contribution in [3.8, 4) is 0 Å². The van der Waals surface area contributed by atoms with Crippen molar-refractivity contribution in [2.75, 3.05) is 13.2 Å². The number of hydrogen-bond donors (Lipinski definition) is 1. The van der Waals surface area contributed by atoms with Crippen LogP contribution < -0.4 is 5.32 Å². The molecule has 2 nitrogen and oxygen atoms in total. The molecule has 20 heavy (non-hydrogen) atoms. The molecule has 1 heterocycles. The summed E-state index contributed by atoms with van der Waals surface area (Å²) in [4.78, 5) is 0. The maximum atomic E-state index is 5.48. The van der Waals surface area contributed by atoms with Crippen molar-refractivity contribution in [2.24, 2.45) is 11.8 Å². The number of nitrogens with one attached hydrogen (secondary N) is 1. The van der Waals surface area contributed by atoms with Crippen LogP contribution in [0.3, 0.4) is 0 Å². The Morgan fingerprint density at radius 1 is 1.15 bits per heavy atom. The van der Waals surface area contributed by atoms with Crippen LogP contribution in [0.25, 0.3) is 0 Å². The first-order valence-electron chi connectivity index (χ1n) is 7.99. The molecule has 1 aliphatic rings. The second-order valence-corrected chi connectivity index (χ2v) is 6.64. The van der Waals surface area contributed by atoms with Crippen LogP contribution in [0.5, 0.6) is 0 Å². The number of ether oxygens (including phenoxy) is 1. The van der Waals surface area contributed by atoms with E-state index in [2.05, 4.69) is 57.3 Å². The fourth-order valence-corrected chi connectivity index (χ4v) is 2.99. The minimum atomic E-state index is 0.402. The van der Waals surface area contributed by atoms with Crippen molar-refractivity contribution >= 4 is 0 Å². The predicted octanol–water partition coefficient (Wildman–Crippen LogP) is 3.96. The molecule has 0 amide bonds. The molecule has 2 rings (SSSR count). The SMILES string of the molecule is CC(C)Cc1ccc(C(C)NC(C)C2CCOC2)cc1. The molecule has 0 saturated carbocycles. The molecule has 3 atom stereocenters. The van der Waals surface area contributed by atoms with E-state index in [1.165, 1.54) is 17.5 Å². The van der Waals surface area contributed by atoms with Crippen molar-refractivity contribution < 1.29 is 4.74 Å². The van der Waals surface area contributed by atoms with E-state index in [-0.39, 0.29) is 0 Å². The molecule has 0 bridgehead atoms. The maximum absolute atomic E-state index is 5.48. The third-order valence-corrected chi connectivity index (χ3v) is 4.31. The first-order valence-corrected chi connectivity index (χ1v) is 7.99. The van der Waals surface area contributed by atoms with E-state index in [1.54, 1.807) is 0 Å². The molecule has 0 radical (unpaired) electrons. The van der Waals surface area contributed by atoms with E-state index in [1.807, 2.05) is 0 Å². The van der Waals surface area contributed by atoms with Gasteiger partial charge in [0.1, 0.15) is 0 Å². The second-order valence-electron chi connectivity index (χ2n) is 6.64. The lowest BCUT2D eigenvalue weighted by molar-refractivity contribution is 0.177. The van der Waals surface area contributed by atoms with Crippen LogP contribution in [0, 0.1) is 11.8 Å². The lowest BCUT2D eigenvalue weighted by atomic mass is 9.97. The smallest absolute Gasteiger partial charge is 0.0509 e. The summed E-state index contributed by atoms with van der Waals surface area (Å²) in [6.07, 6.45) is 2.35. The van der Waals surface area contributed by atoms with Gasteiger partial charge in [-0.3, -0.25) is 0 Å². The highest BCUT2D eigenvalue weighted by Crippen LogP contribution is 2.21. The van der Waals surface area contributed by atoms with E-state index in [9.17, 15) is 0 Å². The lowest BCUT2D eigenvalue weighted by Crippen LogP contribution is -2.35. The van der Waals surface area contributed by atoms with Gasteiger partial charge in [0.05, 0.1) is 6.61 Å². The summed E-state index contributed by atoms with van der Waals surface area (Å²) < 4.78 is 5.48. The minimum absolute atomic E-state index is 0.402. The van der Waals surface area contributed by atoms with E-state index in [4.69, 9.17) is 4.74 Å². The summed E-state index contributed by atoms with van der Waals surface area (Å²) in [6, 6.07) is 10.0. The van der Waals surface area contributed by atoms with Gasteiger partial charge in [0, 0.05) is 18.7 Å². The van der Waals surface area contributed by atoms with E-state index < -0.39 is 0 Å². The van der Waals surface area contributed by atoms with E-state index >= 15 is 0 Å². The highest BCUT2D eigenvalue weighted by Gasteiger charge is 2.23. The van der Waals surface area contributed by atoms with Crippen LogP contribution in [0.1, 0.15) is 51.3 Å². The quantitative estimate of drug-likeness (QED) is 0.848. The average molecular weight is 275 g/mol. The van der Waals surface area contributed by atoms with Gasteiger partial charge in [-0.15, -0.1) is 0 Å². The van der Waals surface area contributed by atoms with Gasteiger partial charge in [-0.2, -0.15) is 0 Å². The van der Waals surface area contributed by atoms with Crippen molar-refractivity contribution in [3.63, 3.8) is 0 Å². The van der Waals surface area contributed by atoms with Gasteiger partial charge in [-0.1, -0.05) is 38.1 Å². The van der Waals surface area contributed by atoms with Crippen LogP contribution in [0.15, 0.2) is 24.3 Å². The molecule has 0 aromatic heterocycles. The van der Waals surface area contributed by atoms with Crippen LogP contribution in [0.2, 0.25) is 0 Å². The van der Waals surface area contributed by atoms with E-state index in [0.29, 0.717) is 18.0 Å². The van der Waals surface area contributed by atoms with Crippen molar-refractivity contribution in [2.45, 2.75) is 52.6 Å². The average Bonchev–Trinajstić information content (AvgIpc) is 2.92. The highest BCUT2D eigenvalue weighted by atomic mass is 16.5. The summed E-state index contributed by atoms with van der Waals surface area (Å²) in [5, 5.41) is 3.72. The minimum Gasteiger partial charge on any atom is -0.381 e. The normalized spacial score (nSPS) is 22.1. The fraction of sp³-hybridized carbons (Fsp3) is 0.667. The number of rotatable bonds is 6. The Morgan fingerprint density at radius 3 is 2.40 bits per heavy atom. The van der Waals surface area contributed by atoms with Crippen LogP contribution in [0.4, 0.5) is 0 Å². The summed E-state index contributed by atoms with van der Waals surface area (Å²) in [5.74, 6) is 1.39. The Kier molecular flexibility index (Phi) is 5.62. The zero-order valence-corrected chi connectivity index (χ0v) is 13.4. The Balaban J connectivity index is 1.89. The first kappa shape index (κ1) is 15.5. The van der Waals surface area contributed by atoms with E-state index in [0.717, 1.165) is 25.6 Å². The lowest BCUT2D eigenvalue weighted by Gasteiger charge is -2.24. The fourth-order valence-electron chi connectivity index (χ4n) is 2.99. The molecule has 112 valence electrons. The van der Waals surface area contributed by atoms with Gasteiger partial charge in [0.25, 0.3) is 0 Å². The molecule has 1 N–H and O–H groups in total.